The first-order valence-corrected chi connectivity index (χ1v) is 6.22. The molecule has 0 saturated carbocycles. The molecule has 0 aliphatic carbocycles. The van der Waals surface area contributed by atoms with Crippen LogP contribution >= 0.6 is 0 Å². The highest BCUT2D eigenvalue weighted by Gasteiger charge is 2.33. The molecule has 0 spiro atoms. The third kappa shape index (κ3) is 2.89. The van der Waals surface area contributed by atoms with Gasteiger partial charge in [0.1, 0.15) is 0 Å². The molecule has 0 N–H and O–H groups in total. The van der Waals surface area contributed by atoms with E-state index in [-0.39, 0.29) is 11.0 Å². The molecule has 0 saturated heterocycles. The van der Waals surface area contributed by atoms with E-state index in [0.29, 0.717) is 12.3 Å². The molecule has 5 heteroatoms. The molecule has 0 unspecified atom stereocenters. The lowest BCUT2D eigenvalue weighted by molar-refractivity contribution is 0.0516. The van der Waals surface area contributed by atoms with Crippen LogP contribution in [0.3, 0.4) is 0 Å². The van der Waals surface area contributed by atoms with Crippen molar-refractivity contribution in [3.63, 3.8) is 0 Å². The lowest BCUT2D eigenvalue weighted by Gasteiger charge is -2.27. The molecule has 1 rings (SSSR count). The van der Waals surface area contributed by atoms with Crippen molar-refractivity contribution < 1.29 is 9.53 Å². The first-order chi connectivity index (χ1) is 8.09. The summed E-state index contributed by atoms with van der Waals surface area (Å²) in [5, 5.41) is 8.13. The third-order valence-electron chi connectivity index (χ3n) is 2.48. The van der Waals surface area contributed by atoms with Crippen LogP contribution in [0.5, 0.6) is 0 Å². The lowest BCUT2D eigenvalue weighted by Crippen LogP contribution is -2.31. The van der Waals surface area contributed by atoms with Gasteiger partial charge in [-0.2, -0.15) is 0 Å². The standard InChI is InChI=1S/C13H23N3O2/c1-8-18-11(17)9-10(12(2,3)4)16(15-14-9)13(5,6)7/h8H2,1-7H3. The maximum absolute atomic E-state index is 11.9. The zero-order chi connectivity index (χ0) is 14.1. The molecular formula is C13H23N3O2. The molecule has 0 aromatic carbocycles. The van der Waals surface area contributed by atoms with Gasteiger partial charge in [0.25, 0.3) is 0 Å². The first kappa shape index (κ1) is 14.7. The highest BCUT2D eigenvalue weighted by Crippen LogP contribution is 2.29. The molecule has 1 heterocycles. The minimum atomic E-state index is -0.405. The van der Waals surface area contributed by atoms with E-state index in [2.05, 4.69) is 10.3 Å². The fourth-order valence-electron chi connectivity index (χ4n) is 1.76. The summed E-state index contributed by atoms with van der Waals surface area (Å²) >= 11 is 0. The van der Waals surface area contributed by atoms with E-state index in [1.165, 1.54) is 0 Å². The Kier molecular flexibility index (Phi) is 3.84. The van der Waals surface area contributed by atoms with Crippen LogP contribution in [0.15, 0.2) is 0 Å². The van der Waals surface area contributed by atoms with Gasteiger partial charge in [0.2, 0.25) is 0 Å². The Labute approximate surface area is 109 Å². The van der Waals surface area contributed by atoms with Crippen molar-refractivity contribution in [2.24, 2.45) is 0 Å². The summed E-state index contributed by atoms with van der Waals surface area (Å²) < 4.78 is 6.84. The number of carbonyl (C=O) groups excluding carboxylic acids is 1. The van der Waals surface area contributed by atoms with E-state index in [1.54, 1.807) is 11.6 Å². The van der Waals surface area contributed by atoms with Crippen LogP contribution in [0.1, 0.15) is 64.6 Å². The van der Waals surface area contributed by atoms with E-state index in [1.807, 2.05) is 41.5 Å². The number of ether oxygens (including phenoxy) is 1. The van der Waals surface area contributed by atoms with Gasteiger partial charge in [0.05, 0.1) is 17.8 Å². The van der Waals surface area contributed by atoms with Crippen LogP contribution < -0.4 is 0 Å². The fraction of sp³-hybridized carbons (Fsp3) is 0.769. The van der Waals surface area contributed by atoms with Crippen molar-refractivity contribution in [3.05, 3.63) is 11.4 Å². The molecule has 0 bridgehead atoms. The summed E-state index contributed by atoms with van der Waals surface area (Å²) in [6.07, 6.45) is 0. The van der Waals surface area contributed by atoms with E-state index >= 15 is 0 Å². The Morgan fingerprint density at radius 1 is 1.22 bits per heavy atom. The number of esters is 1. The Morgan fingerprint density at radius 2 is 1.78 bits per heavy atom. The number of rotatable bonds is 2. The highest BCUT2D eigenvalue weighted by atomic mass is 16.5. The Hall–Kier alpha value is -1.39. The van der Waals surface area contributed by atoms with Gasteiger partial charge in [-0.25, -0.2) is 9.48 Å². The molecule has 5 nitrogen and oxygen atoms in total. The van der Waals surface area contributed by atoms with Crippen LogP contribution in [0.25, 0.3) is 0 Å². The van der Waals surface area contributed by atoms with Crippen LogP contribution in [-0.4, -0.2) is 27.6 Å². The minimum Gasteiger partial charge on any atom is -0.461 e. The molecule has 0 radical (unpaired) electrons. The zero-order valence-electron chi connectivity index (χ0n) is 12.4. The molecule has 1 aromatic rings. The molecule has 0 aliphatic rings. The summed E-state index contributed by atoms with van der Waals surface area (Å²) in [4.78, 5) is 11.9. The zero-order valence-corrected chi connectivity index (χ0v) is 12.4. The average Bonchev–Trinajstić information content (AvgIpc) is 2.60. The summed E-state index contributed by atoms with van der Waals surface area (Å²) in [6, 6.07) is 0. The van der Waals surface area contributed by atoms with E-state index in [0.717, 1.165) is 5.69 Å². The van der Waals surface area contributed by atoms with Crippen LogP contribution in [0, 0.1) is 0 Å². The van der Waals surface area contributed by atoms with Crippen LogP contribution in [-0.2, 0) is 15.7 Å². The fourth-order valence-corrected chi connectivity index (χ4v) is 1.76. The van der Waals surface area contributed by atoms with Gasteiger partial charge in [-0.3, -0.25) is 0 Å². The van der Waals surface area contributed by atoms with Gasteiger partial charge in [-0.05, 0) is 27.7 Å². The quantitative estimate of drug-likeness (QED) is 0.760. The van der Waals surface area contributed by atoms with Crippen molar-refractivity contribution in [1.82, 2.24) is 15.0 Å². The minimum absolute atomic E-state index is 0.222. The molecule has 0 atom stereocenters. The van der Waals surface area contributed by atoms with Crippen molar-refractivity contribution in [1.29, 1.82) is 0 Å². The maximum atomic E-state index is 11.9. The van der Waals surface area contributed by atoms with E-state index < -0.39 is 5.97 Å². The van der Waals surface area contributed by atoms with Gasteiger partial charge in [-0.15, -0.1) is 5.10 Å². The maximum Gasteiger partial charge on any atom is 0.360 e. The van der Waals surface area contributed by atoms with Gasteiger partial charge >= 0.3 is 5.97 Å². The molecule has 0 fully saturated rings. The Balaban J connectivity index is 3.39. The molecule has 18 heavy (non-hydrogen) atoms. The van der Waals surface area contributed by atoms with Crippen molar-refractivity contribution in [2.75, 3.05) is 6.61 Å². The van der Waals surface area contributed by atoms with Gasteiger partial charge in [-0.1, -0.05) is 26.0 Å². The number of hydrogen-bond acceptors (Lipinski definition) is 4. The number of nitrogens with zero attached hydrogens (tertiary/aromatic N) is 3. The smallest absolute Gasteiger partial charge is 0.360 e. The largest absolute Gasteiger partial charge is 0.461 e. The van der Waals surface area contributed by atoms with Gasteiger partial charge in [0, 0.05) is 5.41 Å². The average molecular weight is 253 g/mol. The molecule has 1 aromatic heterocycles. The second kappa shape index (κ2) is 4.71. The molecule has 0 amide bonds. The van der Waals surface area contributed by atoms with Crippen LogP contribution in [0.2, 0.25) is 0 Å². The van der Waals surface area contributed by atoms with Gasteiger partial charge in [0.15, 0.2) is 5.69 Å². The highest BCUT2D eigenvalue weighted by molar-refractivity contribution is 5.88. The lowest BCUT2D eigenvalue weighted by atomic mass is 9.89. The normalized spacial score (nSPS) is 12.6. The van der Waals surface area contributed by atoms with Crippen molar-refractivity contribution in [3.8, 4) is 0 Å². The van der Waals surface area contributed by atoms with Crippen LogP contribution in [0.4, 0.5) is 0 Å². The number of aromatic nitrogens is 3. The SMILES string of the molecule is CCOC(=O)c1nnn(C(C)(C)C)c1C(C)(C)C. The predicted octanol–water partition coefficient (Wildman–Crippen LogP) is 2.51. The molecule has 0 aliphatic heterocycles. The first-order valence-electron chi connectivity index (χ1n) is 6.22. The van der Waals surface area contributed by atoms with Crippen molar-refractivity contribution in [2.45, 2.75) is 59.4 Å². The molecule has 102 valence electrons. The summed E-state index contributed by atoms with van der Waals surface area (Å²) in [5.41, 5.74) is 0.687. The third-order valence-corrected chi connectivity index (χ3v) is 2.48. The summed E-state index contributed by atoms with van der Waals surface area (Å²) in [7, 11) is 0. The Morgan fingerprint density at radius 3 is 2.17 bits per heavy atom. The monoisotopic (exact) mass is 253 g/mol. The van der Waals surface area contributed by atoms with E-state index in [4.69, 9.17) is 4.74 Å². The van der Waals surface area contributed by atoms with Crippen molar-refractivity contribution >= 4 is 5.97 Å². The van der Waals surface area contributed by atoms with Gasteiger partial charge < -0.3 is 4.74 Å². The van der Waals surface area contributed by atoms with E-state index in [9.17, 15) is 4.79 Å². The number of carbonyl (C=O) groups is 1. The topological polar surface area (TPSA) is 57.0 Å². The summed E-state index contributed by atoms with van der Waals surface area (Å²) in [6.45, 7) is 14.3. The summed E-state index contributed by atoms with van der Waals surface area (Å²) in [5.74, 6) is -0.405. The molecular weight excluding hydrogens is 230 g/mol. The second-order valence-corrected chi connectivity index (χ2v) is 6.34. The Bertz CT molecular complexity index is 436. The number of hydrogen-bond donors (Lipinski definition) is 0. The predicted molar refractivity (Wildman–Crippen MR) is 69.7 cm³/mol. The second-order valence-electron chi connectivity index (χ2n) is 6.34.